The average Bonchev–Trinajstić information content (AvgIpc) is 3.85. The summed E-state index contributed by atoms with van der Waals surface area (Å²) in [5, 5.41) is 18.6. The molecule has 0 atom stereocenters. The van der Waals surface area contributed by atoms with Crippen molar-refractivity contribution < 1.29 is 19.2 Å². The molecule has 0 spiro atoms. The topological polar surface area (TPSA) is 197 Å². The molecule has 18 heteroatoms. The number of fused-ring (bicyclic) bond motifs is 1. The number of aromatic nitrogens is 4. The maximum Gasteiger partial charge on any atom is 0.284 e. The Labute approximate surface area is 307 Å². The first-order valence-electron chi connectivity index (χ1n) is 15.7. The van der Waals surface area contributed by atoms with Gasteiger partial charge in [-0.15, -0.1) is 34.5 Å². The number of hydrogen-bond acceptors (Lipinski definition) is 8. The Morgan fingerprint density at radius 3 is 1.76 bits per heavy atom. The van der Waals surface area contributed by atoms with Gasteiger partial charge in [0.25, 0.3) is 23.6 Å². The normalized spacial score (nSPS) is 11.0. The van der Waals surface area contributed by atoms with Crippen molar-refractivity contribution in [1.29, 1.82) is 5.41 Å². The van der Waals surface area contributed by atoms with Gasteiger partial charge in [-0.3, -0.25) is 24.6 Å². The van der Waals surface area contributed by atoms with E-state index in [0.717, 1.165) is 10.4 Å². The van der Waals surface area contributed by atoms with Crippen LogP contribution in [0.25, 0.3) is 10.2 Å². The number of nitrogens with one attached hydrogen (secondary N) is 5. The van der Waals surface area contributed by atoms with Crippen molar-refractivity contribution in [3.63, 3.8) is 0 Å². The molecule has 0 unspecified atom stereocenters. The van der Waals surface area contributed by atoms with Gasteiger partial charge in [0.15, 0.2) is 5.01 Å². The van der Waals surface area contributed by atoms with Gasteiger partial charge in [0.1, 0.15) is 17.1 Å². The maximum atomic E-state index is 13.3. The molecule has 0 fully saturated rings. The standard InChI is InChI=1S/C33H37Cl2N11O4S/c1-43-16-19(12-24(43)29(47)38-9-6-28(36)37)39-30(48)25-13-20(17-44(25)2)40-31(49)26-14-21(18-45(26)3)41-32(50)33-42-23-15-22(4-5-27(23)51-33)46(10-7-34)11-8-35/h4-5,12-18H,6-11H2,1-3H3,(H3,36,37)(H,38,47)(H,39,48)(H,40,49)(H,41,50). The Kier molecular flexibility index (Phi) is 11.7. The van der Waals surface area contributed by atoms with Gasteiger partial charge in [0, 0.05) is 83.2 Å². The smallest absolute Gasteiger partial charge is 0.284 e. The van der Waals surface area contributed by atoms with Crippen LogP contribution in [0.15, 0.2) is 55.0 Å². The minimum Gasteiger partial charge on any atom is -0.388 e. The zero-order valence-electron chi connectivity index (χ0n) is 28.0. The molecule has 5 aromatic rings. The predicted molar refractivity (Wildman–Crippen MR) is 202 cm³/mol. The first kappa shape index (κ1) is 36.9. The van der Waals surface area contributed by atoms with Crippen molar-refractivity contribution >= 4 is 97.0 Å². The summed E-state index contributed by atoms with van der Waals surface area (Å²) < 4.78 is 5.57. The van der Waals surface area contributed by atoms with E-state index in [1.54, 1.807) is 59.5 Å². The summed E-state index contributed by atoms with van der Waals surface area (Å²) >= 11 is 13.2. The number of alkyl halides is 2. The van der Waals surface area contributed by atoms with Crippen molar-refractivity contribution in [2.45, 2.75) is 6.42 Å². The van der Waals surface area contributed by atoms with E-state index in [9.17, 15) is 19.2 Å². The van der Waals surface area contributed by atoms with E-state index in [0.29, 0.717) is 53.1 Å². The van der Waals surface area contributed by atoms with Crippen molar-refractivity contribution in [3.8, 4) is 0 Å². The largest absolute Gasteiger partial charge is 0.388 e. The molecule has 4 amide bonds. The lowest BCUT2D eigenvalue weighted by molar-refractivity contribution is 0.0944. The Morgan fingerprint density at radius 2 is 1.27 bits per heavy atom. The van der Waals surface area contributed by atoms with Crippen molar-refractivity contribution in [2.24, 2.45) is 26.9 Å². The highest BCUT2D eigenvalue weighted by Gasteiger charge is 2.20. The van der Waals surface area contributed by atoms with Crippen molar-refractivity contribution in [3.05, 3.63) is 77.1 Å². The van der Waals surface area contributed by atoms with Crippen LogP contribution in [-0.4, -0.2) is 79.5 Å². The molecule has 0 radical (unpaired) electrons. The minimum absolute atomic E-state index is 0.0311. The first-order valence-corrected chi connectivity index (χ1v) is 17.6. The molecule has 0 bridgehead atoms. The number of nitrogens with two attached hydrogens (primary N) is 1. The number of carbonyl (C=O) groups excluding carboxylic acids is 4. The van der Waals surface area contributed by atoms with E-state index >= 15 is 0 Å². The van der Waals surface area contributed by atoms with Crippen LogP contribution in [0.2, 0.25) is 0 Å². The Balaban J connectivity index is 1.21. The van der Waals surface area contributed by atoms with Crippen LogP contribution in [0.3, 0.4) is 0 Å². The van der Waals surface area contributed by atoms with Gasteiger partial charge < -0.3 is 45.6 Å². The molecule has 0 aliphatic heterocycles. The minimum atomic E-state index is -0.454. The van der Waals surface area contributed by atoms with Gasteiger partial charge in [-0.1, -0.05) is 0 Å². The number of carbonyl (C=O) groups is 4. The fourth-order valence-corrected chi connectivity index (χ4v) is 6.58. The third-order valence-electron chi connectivity index (χ3n) is 7.81. The number of benzene rings is 1. The summed E-state index contributed by atoms with van der Waals surface area (Å²) in [5.74, 6) is -0.819. The zero-order valence-corrected chi connectivity index (χ0v) is 30.4. The number of aryl methyl sites for hydroxylation is 3. The van der Waals surface area contributed by atoms with Crippen molar-refractivity contribution in [2.75, 3.05) is 52.2 Å². The lowest BCUT2D eigenvalue weighted by Gasteiger charge is -2.22. The van der Waals surface area contributed by atoms with Crippen LogP contribution in [0.4, 0.5) is 22.7 Å². The van der Waals surface area contributed by atoms with Gasteiger partial charge >= 0.3 is 0 Å². The van der Waals surface area contributed by atoms with Crippen molar-refractivity contribution in [1.82, 2.24) is 24.0 Å². The molecular formula is C33H37Cl2N11O4S. The second-order valence-corrected chi connectivity index (χ2v) is 13.4. The van der Waals surface area contributed by atoms with E-state index in [1.165, 1.54) is 23.5 Å². The molecule has 0 saturated heterocycles. The summed E-state index contributed by atoms with van der Waals surface area (Å²) in [7, 11) is 5.02. The van der Waals surface area contributed by atoms with Crippen LogP contribution in [-0.2, 0) is 21.1 Å². The Hall–Kier alpha value is -5.32. The molecule has 0 aliphatic rings. The maximum absolute atomic E-state index is 13.3. The van der Waals surface area contributed by atoms with E-state index in [1.807, 2.05) is 18.2 Å². The van der Waals surface area contributed by atoms with Crippen LogP contribution < -0.4 is 31.9 Å². The molecular weight excluding hydrogens is 717 g/mol. The SMILES string of the molecule is Cn1cc(NC(=O)c2cc(NC(=O)c3cc(NC(=O)c4nc5cc(N(CCCl)CCCl)ccc5s4)cn3C)cn2C)cc1C(=O)NCCC(=N)N. The molecule has 15 nitrogen and oxygen atoms in total. The molecule has 268 valence electrons. The predicted octanol–water partition coefficient (Wildman–Crippen LogP) is 4.41. The lowest BCUT2D eigenvalue weighted by atomic mass is 10.2. The second kappa shape index (κ2) is 16.1. The number of nitrogens with zero attached hydrogens (tertiary/aromatic N) is 5. The van der Waals surface area contributed by atoms with Gasteiger partial charge in [-0.05, 0) is 36.4 Å². The Morgan fingerprint density at radius 1 is 0.784 bits per heavy atom. The summed E-state index contributed by atoms with van der Waals surface area (Å²) in [5.41, 5.74) is 8.96. The Bertz CT molecular complexity index is 2110. The van der Waals surface area contributed by atoms with Crippen LogP contribution in [0, 0.1) is 5.41 Å². The highest BCUT2D eigenvalue weighted by molar-refractivity contribution is 7.20. The molecule has 1 aromatic carbocycles. The van der Waals surface area contributed by atoms with Crippen LogP contribution in [0.1, 0.15) is 47.7 Å². The molecule has 7 N–H and O–H groups in total. The van der Waals surface area contributed by atoms with Crippen LogP contribution in [0.5, 0.6) is 0 Å². The number of amidine groups is 1. The molecule has 4 aromatic heterocycles. The number of rotatable bonds is 15. The molecule has 51 heavy (non-hydrogen) atoms. The highest BCUT2D eigenvalue weighted by Crippen LogP contribution is 2.28. The highest BCUT2D eigenvalue weighted by atomic mass is 35.5. The molecule has 5 rings (SSSR count). The fraction of sp³-hybridized carbons (Fsp3) is 0.273. The molecule has 0 aliphatic carbocycles. The van der Waals surface area contributed by atoms with E-state index in [2.05, 4.69) is 31.2 Å². The van der Waals surface area contributed by atoms with E-state index < -0.39 is 17.7 Å². The van der Waals surface area contributed by atoms with Gasteiger partial charge in [-0.25, -0.2) is 4.98 Å². The fourth-order valence-electron chi connectivity index (χ4n) is 5.34. The van der Waals surface area contributed by atoms with E-state index in [4.69, 9.17) is 34.3 Å². The number of hydrogen-bond donors (Lipinski definition) is 6. The lowest BCUT2D eigenvalue weighted by Crippen LogP contribution is -2.28. The zero-order chi connectivity index (χ0) is 36.8. The van der Waals surface area contributed by atoms with Gasteiger partial charge in [0.2, 0.25) is 0 Å². The summed E-state index contributed by atoms with van der Waals surface area (Å²) in [6.45, 7) is 1.48. The number of thiazole rings is 1. The summed E-state index contributed by atoms with van der Waals surface area (Å²) in [6, 6.07) is 10.4. The summed E-state index contributed by atoms with van der Waals surface area (Å²) in [4.78, 5) is 58.6. The average molecular weight is 755 g/mol. The van der Waals surface area contributed by atoms with Gasteiger partial charge in [-0.2, -0.15) is 0 Å². The monoisotopic (exact) mass is 753 g/mol. The summed E-state index contributed by atoms with van der Waals surface area (Å²) in [6.07, 6.45) is 5.05. The number of anilines is 4. The quantitative estimate of drug-likeness (QED) is 0.0517. The first-order chi connectivity index (χ1) is 24.4. The van der Waals surface area contributed by atoms with Crippen LogP contribution >= 0.6 is 34.5 Å². The van der Waals surface area contributed by atoms with E-state index in [-0.39, 0.29) is 41.1 Å². The molecule has 4 heterocycles. The second-order valence-electron chi connectivity index (χ2n) is 11.6. The number of amides is 4. The molecule has 0 saturated carbocycles. The third kappa shape index (κ3) is 8.89. The number of halogens is 2. The van der Waals surface area contributed by atoms with Gasteiger partial charge in [0.05, 0.1) is 33.1 Å². The third-order valence-corrected chi connectivity index (χ3v) is 9.18.